The molecule has 5 aromatic rings. The molecule has 41 heavy (non-hydrogen) atoms. The summed E-state index contributed by atoms with van der Waals surface area (Å²) < 4.78 is 0. The number of aryl methyl sites for hydroxylation is 2. The zero-order chi connectivity index (χ0) is 29.1. The van der Waals surface area contributed by atoms with Crippen molar-refractivity contribution in [3.05, 3.63) is 144 Å². The Kier molecular flexibility index (Phi) is 8.03. The van der Waals surface area contributed by atoms with Gasteiger partial charge in [0, 0.05) is 34.1 Å². The van der Waals surface area contributed by atoms with Crippen molar-refractivity contribution in [2.75, 3.05) is 9.80 Å². The lowest BCUT2D eigenvalue weighted by Crippen LogP contribution is -2.14. The lowest BCUT2D eigenvalue weighted by Gasteiger charge is -2.29. The van der Waals surface area contributed by atoms with Crippen LogP contribution < -0.4 is 9.80 Å². The SMILES string of the molecule is Cc1ccc(N(c2ccc(C(C)C)cc2)c2ccc(N(c3ccc(C)cc3)c3ccc(C(C)(C)C)cc3)cc2)cc1. The smallest absolute Gasteiger partial charge is 0.0463 e. The summed E-state index contributed by atoms with van der Waals surface area (Å²) >= 11 is 0. The summed E-state index contributed by atoms with van der Waals surface area (Å²) in [7, 11) is 0. The maximum Gasteiger partial charge on any atom is 0.0463 e. The second-order valence-corrected chi connectivity index (χ2v) is 12.4. The zero-order valence-corrected chi connectivity index (χ0v) is 25.5. The van der Waals surface area contributed by atoms with E-state index in [-0.39, 0.29) is 5.41 Å². The first-order valence-electron chi connectivity index (χ1n) is 14.6. The van der Waals surface area contributed by atoms with Crippen molar-refractivity contribution in [3.63, 3.8) is 0 Å². The summed E-state index contributed by atoms with van der Waals surface area (Å²) in [4.78, 5) is 4.67. The molecule has 0 atom stereocenters. The van der Waals surface area contributed by atoms with Crippen LogP contribution in [0.25, 0.3) is 0 Å². The third-order valence-electron chi connectivity index (χ3n) is 7.76. The van der Waals surface area contributed by atoms with E-state index in [0.29, 0.717) is 5.92 Å². The predicted octanol–water partition coefficient (Wildman–Crippen LogP) is 11.7. The van der Waals surface area contributed by atoms with Crippen molar-refractivity contribution in [1.82, 2.24) is 0 Å². The van der Waals surface area contributed by atoms with Gasteiger partial charge in [-0.2, -0.15) is 0 Å². The molecule has 0 aliphatic rings. The lowest BCUT2D eigenvalue weighted by atomic mass is 9.87. The van der Waals surface area contributed by atoms with E-state index in [0.717, 1.165) is 34.1 Å². The molecule has 0 radical (unpaired) electrons. The highest BCUT2D eigenvalue weighted by molar-refractivity contribution is 5.81. The normalized spacial score (nSPS) is 11.5. The van der Waals surface area contributed by atoms with Gasteiger partial charge in [0.05, 0.1) is 0 Å². The highest BCUT2D eigenvalue weighted by Gasteiger charge is 2.18. The Morgan fingerprint density at radius 1 is 0.415 bits per heavy atom. The minimum Gasteiger partial charge on any atom is -0.311 e. The first kappa shape index (κ1) is 28.2. The van der Waals surface area contributed by atoms with E-state index < -0.39 is 0 Å². The Bertz CT molecular complexity index is 1550. The van der Waals surface area contributed by atoms with Crippen LogP contribution in [0.2, 0.25) is 0 Å². The van der Waals surface area contributed by atoms with Crippen molar-refractivity contribution < 1.29 is 0 Å². The third-order valence-corrected chi connectivity index (χ3v) is 7.76. The summed E-state index contributed by atoms with van der Waals surface area (Å²) in [6, 6.07) is 44.4. The lowest BCUT2D eigenvalue weighted by molar-refractivity contribution is 0.590. The number of rotatable bonds is 7. The molecule has 0 aliphatic carbocycles. The minimum atomic E-state index is 0.113. The first-order chi connectivity index (χ1) is 19.6. The summed E-state index contributed by atoms with van der Waals surface area (Å²) in [5, 5.41) is 0. The average molecular weight is 539 g/mol. The zero-order valence-electron chi connectivity index (χ0n) is 25.5. The largest absolute Gasteiger partial charge is 0.311 e. The monoisotopic (exact) mass is 538 g/mol. The molecule has 0 aromatic heterocycles. The van der Waals surface area contributed by atoms with E-state index in [2.05, 4.69) is 180 Å². The van der Waals surface area contributed by atoms with Crippen LogP contribution >= 0.6 is 0 Å². The molecule has 0 amide bonds. The van der Waals surface area contributed by atoms with Crippen molar-refractivity contribution in [2.45, 2.75) is 59.8 Å². The van der Waals surface area contributed by atoms with E-state index in [1.54, 1.807) is 0 Å². The maximum absolute atomic E-state index is 2.34. The molecule has 0 unspecified atom stereocenters. The quantitative estimate of drug-likeness (QED) is 0.203. The average Bonchev–Trinajstić information content (AvgIpc) is 2.96. The van der Waals surface area contributed by atoms with Gasteiger partial charge in [-0.05, 0) is 109 Å². The third kappa shape index (κ3) is 6.38. The summed E-state index contributed by atoms with van der Waals surface area (Å²) in [5.41, 5.74) is 12.1. The standard InChI is InChI=1S/C39H42N2/c1-28(2)31-12-20-35(21-13-31)40(33-16-8-29(3)9-17-33)37-24-26-38(27-25-37)41(34-18-10-30(4)11-19-34)36-22-14-32(15-23-36)39(5,6)7/h8-28H,1-7H3. The molecule has 0 saturated carbocycles. The van der Waals surface area contributed by atoms with Gasteiger partial charge < -0.3 is 9.80 Å². The number of hydrogen-bond donors (Lipinski definition) is 0. The van der Waals surface area contributed by atoms with Gasteiger partial charge in [0.2, 0.25) is 0 Å². The Balaban J connectivity index is 1.56. The van der Waals surface area contributed by atoms with Crippen molar-refractivity contribution in [3.8, 4) is 0 Å². The van der Waals surface area contributed by atoms with Crippen molar-refractivity contribution in [1.29, 1.82) is 0 Å². The topological polar surface area (TPSA) is 6.48 Å². The van der Waals surface area contributed by atoms with E-state index in [4.69, 9.17) is 0 Å². The van der Waals surface area contributed by atoms with Crippen LogP contribution in [0.15, 0.2) is 121 Å². The van der Waals surface area contributed by atoms with Crippen molar-refractivity contribution >= 4 is 34.1 Å². The van der Waals surface area contributed by atoms with Gasteiger partial charge in [-0.25, -0.2) is 0 Å². The molecule has 208 valence electrons. The van der Waals surface area contributed by atoms with E-state index in [1.807, 2.05) is 0 Å². The minimum absolute atomic E-state index is 0.113. The molecule has 2 heteroatoms. The summed E-state index contributed by atoms with van der Waals surface area (Å²) in [6.07, 6.45) is 0. The fourth-order valence-electron chi connectivity index (χ4n) is 5.15. The number of benzene rings is 5. The van der Waals surface area contributed by atoms with Crippen molar-refractivity contribution in [2.24, 2.45) is 0 Å². The van der Waals surface area contributed by atoms with Crippen LogP contribution in [-0.2, 0) is 5.41 Å². The number of nitrogens with zero attached hydrogens (tertiary/aromatic N) is 2. The van der Waals surface area contributed by atoms with Gasteiger partial charge in [-0.1, -0.05) is 94.3 Å². The molecule has 0 spiro atoms. The van der Waals surface area contributed by atoms with Crippen LogP contribution in [-0.4, -0.2) is 0 Å². The van der Waals surface area contributed by atoms with Crippen LogP contribution in [0.4, 0.5) is 34.1 Å². The van der Waals surface area contributed by atoms with Gasteiger partial charge in [0.25, 0.3) is 0 Å². The molecule has 5 rings (SSSR count). The maximum atomic E-state index is 2.34. The number of hydrogen-bond acceptors (Lipinski definition) is 2. The van der Waals surface area contributed by atoms with Gasteiger partial charge in [0.1, 0.15) is 0 Å². The molecule has 0 bridgehead atoms. The van der Waals surface area contributed by atoms with Gasteiger partial charge in [-0.15, -0.1) is 0 Å². The molecule has 0 N–H and O–H groups in total. The number of anilines is 6. The van der Waals surface area contributed by atoms with Crippen LogP contribution in [0, 0.1) is 13.8 Å². The second-order valence-electron chi connectivity index (χ2n) is 12.4. The molecular weight excluding hydrogens is 496 g/mol. The fourth-order valence-corrected chi connectivity index (χ4v) is 5.15. The Morgan fingerprint density at radius 2 is 0.683 bits per heavy atom. The molecule has 0 heterocycles. The fraction of sp³-hybridized carbons (Fsp3) is 0.231. The van der Waals surface area contributed by atoms with E-state index >= 15 is 0 Å². The molecule has 0 fully saturated rings. The first-order valence-corrected chi connectivity index (χ1v) is 14.6. The Hall–Kier alpha value is -4.30. The second kappa shape index (κ2) is 11.7. The summed E-state index contributed by atoms with van der Waals surface area (Å²) in [6.45, 7) is 15.5. The van der Waals surface area contributed by atoms with Crippen LogP contribution in [0.3, 0.4) is 0 Å². The van der Waals surface area contributed by atoms with E-state index in [9.17, 15) is 0 Å². The molecule has 5 aromatic carbocycles. The molecule has 2 nitrogen and oxygen atoms in total. The Morgan fingerprint density at radius 3 is 0.976 bits per heavy atom. The van der Waals surface area contributed by atoms with Gasteiger partial charge in [0.15, 0.2) is 0 Å². The molecule has 0 aliphatic heterocycles. The van der Waals surface area contributed by atoms with Gasteiger partial charge in [-0.3, -0.25) is 0 Å². The van der Waals surface area contributed by atoms with Crippen LogP contribution in [0.1, 0.15) is 62.8 Å². The Labute approximate surface area is 246 Å². The molecular formula is C39H42N2. The predicted molar refractivity (Wildman–Crippen MR) is 178 cm³/mol. The highest BCUT2D eigenvalue weighted by atomic mass is 15.2. The van der Waals surface area contributed by atoms with Gasteiger partial charge >= 0.3 is 0 Å². The highest BCUT2D eigenvalue weighted by Crippen LogP contribution is 2.40. The molecule has 0 saturated heterocycles. The van der Waals surface area contributed by atoms with E-state index in [1.165, 1.54) is 22.3 Å². The summed E-state index contributed by atoms with van der Waals surface area (Å²) in [5.74, 6) is 0.501. The van der Waals surface area contributed by atoms with Crippen LogP contribution in [0.5, 0.6) is 0 Å².